The molecule has 186 valence electrons. The minimum absolute atomic E-state index is 0.0669. The molecule has 0 unspecified atom stereocenters. The molecule has 0 aromatic carbocycles. The Morgan fingerprint density at radius 2 is 1.58 bits per heavy atom. The van der Waals surface area contributed by atoms with Gasteiger partial charge in [0.05, 0.1) is 38.2 Å². The number of ether oxygens (including phenoxy) is 4. The van der Waals surface area contributed by atoms with Crippen LogP contribution >= 0.6 is 15.9 Å². The van der Waals surface area contributed by atoms with Crippen LogP contribution in [0.1, 0.15) is 46.0 Å². The van der Waals surface area contributed by atoms with Crippen LogP contribution in [0.25, 0.3) is 0 Å². The first-order valence-electron chi connectivity index (χ1n) is 11.2. The van der Waals surface area contributed by atoms with Gasteiger partial charge >= 0.3 is 23.9 Å². The summed E-state index contributed by atoms with van der Waals surface area (Å²) in [5.74, 6) is -3.93. The number of hydrogen-bond donors (Lipinski definition) is 1. The normalized spacial score (nSPS) is 39.3. The van der Waals surface area contributed by atoms with Crippen molar-refractivity contribution in [1.82, 2.24) is 0 Å². The van der Waals surface area contributed by atoms with Crippen LogP contribution in [0, 0.1) is 34.5 Å². The summed E-state index contributed by atoms with van der Waals surface area (Å²) in [6, 6.07) is 0. The summed E-state index contributed by atoms with van der Waals surface area (Å²) in [4.78, 5) is 50.0. The van der Waals surface area contributed by atoms with E-state index in [1.54, 1.807) is 0 Å². The molecule has 0 spiro atoms. The van der Waals surface area contributed by atoms with Crippen LogP contribution in [0.5, 0.6) is 0 Å². The van der Waals surface area contributed by atoms with Crippen LogP contribution < -0.4 is 0 Å². The number of methoxy groups -OCH3 is 3. The third kappa shape index (κ3) is 4.07. The highest BCUT2D eigenvalue weighted by atomic mass is 79.9. The highest BCUT2D eigenvalue weighted by molar-refractivity contribution is 9.09. The Kier molecular flexibility index (Phi) is 7.48. The first-order valence-corrected chi connectivity index (χ1v) is 12.1. The lowest BCUT2D eigenvalue weighted by Gasteiger charge is -2.62. The van der Waals surface area contributed by atoms with E-state index < -0.39 is 57.7 Å². The van der Waals surface area contributed by atoms with Crippen LogP contribution in [0.4, 0.5) is 0 Å². The van der Waals surface area contributed by atoms with E-state index in [0.29, 0.717) is 19.3 Å². The highest BCUT2D eigenvalue weighted by Gasteiger charge is 2.67. The molecule has 3 fully saturated rings. The summed E-state index contributed by atoms with van der Waals surface area (Å²) in [5, 5.41) is 10.7. The number of hydrogen-bond acceptors (Lipinski definition) is 9. The molecule has 3 aliphatic rings. The molecule has 0 heterocycles. The third-order valence-electron chi connectivity index (χ3n) is 8.38. The van der Waals surface area contributed by atoms with Crippen molar-refractivity contribution in [2.45, 2.75) is 63.0 Å². The molecule has 10 heteroatoms. The number of alkyl halides is 1. The second-order valence-corrected chi connectivity index (χ2v) is 10.8. The predicted molar refractivity (Wildman–Crippen MR) is 118 cm³/mol. The van der Waals surface area contributed by atoms with Gasteiger partial charge in [-0.2, -0.15) is 0 Å². The number of fused-ring (bicyclic) bond motifs is 3. The summed E-state index contributed by atoms with van der Waals surface area (Å²) in [6.07, 6.45) is 0.267. The van der Waals surface area contributed by atoms with Crippen molar-refractivity contribution in [2.75, 3.05) is 21.3 Å². The van der Waals surface area contributed by atoms with Gasteiger partial charge in [-0.25, -0.2) is 0 Å². The monoisotopic (exact) mass is 532 g/mol. The summed E-state index contributed by atoms with van der Waals surface area (Å²) < 4.78 is 20.8. The van der Waals surface area contributed by atoms with E-state index in [4.69, 9.17) is 18.9 Å². The zero-order valence-corrected chi connectivity index (χ0v) is 21.3. The molecule has 0 amide bonds. The van der Waals surface area contributed by atoms with Crippen LogP contribution in [0.2, 0.25) is 0 Å². The average Bonchev–Trinajstić information content (AvgIpc) is 2.80. The zero-order valence-electron chi connectivity index (χ0n) is 19.7. The van der Waals surface area contributed by atoms with E-state index in [-0.39, 0.29) is 30.6 Å². The standard InChI is InChI=1S/C23H33BrO9/c1-11(25)33-18-12-10-23(20(28)31-4,21(29)32-5)9-6-13(12)22(2)8-7-14(26)15(19(27)30-3)16(22)17(18)24/h12-18,26H,6-10H2,1-5H3/t12-,13-,14+,15-,16-,17-,18-,22-/m1/s1. The summed E-state index contributed by atoms with van der Waals surface area (Å²) in [6.45, 7) is 3.38. The van der Waals surface area contributed by atoms with Gasteiger partial charge in [-0.3, -0.25) is 19.2 Å². The first kappa shape index (κ1) is 25.9. The quantitative estimate of drug-likeness (QED) is 0.250. The number of rotatable bonds is 4. The number of aliphatic hydroxyl groups is 1. The fourth-order valence-corrected chi connectivity index (χ4v) is 8.38. The van der Waals surface area contributed by atoms with Crippen LogP contribution in [-0.2, 0) is 38.1 Å². The smallest absolute Gasteiger partial charge is 0.323 e. The molecular formula is C23H33BrO9. The number of aliphatic hydroxyl groups excluding tert-OH is 1. The highest BCUT2D eigenvalue weighted by Crippen LogP contribution is 2.64. The van der Waals surface area contributed by atoms with Gasteiger partial charge in [0.1, 0.15) is 6.10 Å². The van der Waals surface area contributed by atoms with Crippen molar-refractivity contribution in [3.8, 4) is 0 Å². The van der Waals surface area contributed by atoms with E-state index in [1.165, 1.54) is 28.3 Å². The van der Waals surface area contributed by atoms with E-state index in [2.05, 4.69) is 22.9 Å². The van der Waals surface area contributed by atoms with E-state index in [0.717, 1.165) is 0 Å². The van der Waals surface area contributed by atoms with Crippen LogP contribution in [0.3, 0.4) is 0 Å². The lowest BCUT2D eigenvalue weighted by atomic mass is 9.44. The van der Waals surface area contributed by atoms with Crippen LogP contribution in [-0.4, -0.2) is 67.3 Å². The molecule has 3 aliphatic carbocycles. The second kappa shape index (κ2) is 9.52. The molecule has 8 atom stereocenters. The van der Waals surface area contributed by atoms with Crippen LogP contribution in [0.15, 0.2) is 0 Å². The number of carbonyl (C=O) groups is 4. The number of esters is 4. The molecule has 0 radical (unpaired) electrons. The Labute approximate surface area is 202 Å². The maximum atomic E-state index is 12.8. The van der Waals surface area contributed by atoms with E-state index in [9.17, 15) is 24.3 Å². The van der Waals surface area contributed by atoms with Gasteiger partial charge in [0.15, 0.2) is 5.41 Å². The van der Waals surface area contributed by atoms with Crippen molar-refractivity contribution < 1.29 is 43.2 Å². The Morgan fingerprint density at radius 1 is 0.970 bits per heavy atom. The number of halogens is 1. The maximum Gasteiger partial charge on any atom is 0.323 e. The SMILES string of the molecule is COC(=O)[C@H]1[C@@H]2[C@@H](Br)[C@H](OC(C)=O)[C@@H]3CC(C(=O)OC)(C(=O)OC)CC[C@H]3[C@@]2(C)CC[C@@H]1O. The molecule has 9 nitrogen and oxygen atoms in total. The van der Waals surface area contributed by atoms with Crippen molar-refractivity contribution in [3.63, 3.8) is 0 Å². The minimum atomic E-state index is -1.49. The second-order valence-electron chi connectivity index (χ2n) is 9.78. The molecule has 0 bridgehead atoms. The molecule has 0 aromatic rings. The Bertz CT molecular complexity index is 798. The lowest BCUT2D eigenvalue weighted by Crippen LogP contribution is -2.66. The minimum Gasteiger partial charge on any atom is -0.469 e. The van der Waals surface area contributed by atoms with Crippen molar-refractivity contribution in [3.05, 3.63) is 0 Å². The molecule has 1 N–H and O–H groups in total. The van der Waals surface area contributed by atoms with E-state index >= 15 is 0 Å². The molecule has 0 aliphatic heterocycles. The summed E-state index contributed by atoms with van der Waals surface area (Å²) in [5.41, 5.74) is -1.92. The topological polar surface area (TPSA) is 125 Å². The average molecular weight is 533 g/mol. The van der Waals surface area contributed by atoms with Gasteiger partial charge in [-0.05, 0) is 49.4 Å². The van der Waals surface area contributed by atoms with Crippen molar-refractivity contribution >= 4 is 39.8 Å². The third-order valence-corrected chi connectivity index (χ3v) is 9.47. The number of carbonyl (C=O) groups excluding carboxylic acids is 4. The molecule has 3 rings (SSSR count). The van der Waals surface area contributed by atoms with Crippen molar-refractivity contribution in [1.29, 1.82) is 0 Å². The van der Waals surface area contributed by atoms with Gasteiger partial charge in [0, 0.05) is 12.8 Å². The van der Waals surface area contributed by atoms with Gasteiger partial charge < -0.3 is 24.1 Å². The fourth-order valence-electron chi connectivity index (χ4n) is 6.94. The molecule has 33 heavy (non-hydrogen) atoms. The maximum absolute atomic E-state index is 12.8. The summed E-state index contributed by atoms with van der Waals surface area (Å²) in [7, 11) is 3.76. The molecular weight excluding hydrogens is 500 g/mol. The molecule has 0 aromatic heterocycles. The lowest BCUT2D eigenvalue weighted by molar-refractivity contribution is -0.202. The molecule has 0 saturated heterocycles. The van der Waals surface area contributed by atoms with E-state index in [1.807, 2.05) is 0 Å². The Balaban J connectivity index is 2.11. The zero-order chi connectivity index (χ0) is 24.7. The molecule has 3 saturated carbocycles. The van der Waals surface area contributed by atoms with Gasteiger partial charge in [-0.15, -0.1) is 0 Å². The van der Waals surface area contributed by atoms with Crippen molar-refractivity contribution in [2.24, 2.45) is 34.5 Å². The Hall–Kier alpha value is -1.68. The summed E-state index contributed by atoms with van der Waals surface area (Å²) >= 11 is 3.70. The first-order chi connectivity index (χ1) is 15.5. The largest absolute Gasteiger partial charge is 0.469 e. The van der Waals surface area contributed by atoms with Gasteiger partial charge in [-0.1, -0.05) is 22.9 Å². The Morgan fingerprint density at radius 3 is 2.09 bits per heavy atom. The fraction of sp³-hybridized carbons (Fsp3) is 0.826. The van der Waals surface area contributed by atoms with Gasteiger partial charge in [0.2, 0.25) is 0 Å². The van der Waals surface area contributed by atoms with Gasteiger partial charge in [0.25, 0.3) is 0 Å². The predicted octanol–water partition coefficient (Wildman–Crippen LogP) is 2.01.